The molecule has 1 unspecified atom stereocenters. The average Bonchev–Trinajstić information content (AvgIpc) is 2.34. The van der Waals surface area contributed by atoms with Crippen molar-refractivity contribution in [2.24, 2.45) is 0 Å². The zero-order valence-electron chi connectivity index (χ0n) is 10.3. The quantitative estimate of drug-likeness (QED) is 0.502. The molecule has 5 heteroatoms. The van der Waals surface area contributed by atoms with E-state index in [0.29, 0.717) is 17.5 Å². The van der Waals surface area contributed by atoms with Crippen molar-refractivity contribution < 1.29 is 9.72 Å². The number of carbonyl (C=O) groups is 1. The van der Waals surface area contributed by atoms with E-state index in [1.807, 2.05) is 6.92 Å². The van der Waals surface area contributed by atoms with Gasteiger partial charge in [0, 0.05) is 17.2 Å². The van der Waals surface area contributed by atoms with Crippen LogP contribution in [0.4, 0.5) is 5.69 Å². The van der Waals surface area contributed by atoms with Crippen LogP contribution in [0.3, 0.4) is 0 Å². The second-order valence-corrected chi connectivity index (χ2v) is 3.86. The predicted molar refractivity (Wildman–Crippen MR) is 68.2 cm³/mol. The zero-order valence-corrected chi connectivity index (χ0v) is 10.3. The van der Waals surface area contributed by atoms with E-state index in [1.165, 1.54) is 18.2 Å². The summed E-state index contributed by atoms with van der Waals surface area (Å²) in [4.78, 5) is 22.0. The van der Waals surface area contributed by atoms with Gasteiger partial charge in [-0.15, -0.1) is 6.42 Å². The highest BCUT2D eigenvalue weighted by atomic mass is 16.6. The van der Waals surface area contributed by atoms with Crippen LogP contribution in [-0.4, -0.2) is 16.9 Å². The molecule has 0 fully saturated rings. The molecule has 0 bridgehead atoms. The summed E-state index contributed by atoms with van der Waals surface area (Å²) in [5, 5.41) is 13.3. The van der Waals surface area contributed by atoms with Crippen molar-refractivity contribution in [2.45, 2.75) is 26.3 Å². The minimum atomic E-state index is -0.479. The first-order valence-corrected chi connectivity index (χ1v) is 5.51. The van der Waals surface area contributed by atoms with Crippen LogP contribution in [0.25, 0.3) is 0 Å². The number of rotatable bonds is 4. The molecule has 0 radical (unpaired) electrons. The lowest BCUT2D eigenvalue weighted by atomic mass is 10.1. The Labute approximate surface area is 105 Å². The second kappa shape index (κ2) is 5.82. The monoisotopic (exact) mass is 246 g/mol. The molecular formula is C13H14N2O3. The maximum atomic E-state index is 11.8. The summed E-state index contributed by atoms with van der Waals surface area (Å²) in [5.41, 5.74) is 0.809. The Balaban J connectivity index is 2.92. The summed E-state index contributed by atoms with van der Waals surface area (Å²) in [6.07, 6.45) is 5.88. The second-order valence-electron chi connectivity index (χ2n) is 3.86. The van der Waals surface area contributed by atoms with Crippen molar-refractivity contribution in [2.75, 3.05) is 0 Å². The van der Waals surface area contributed by atoms with Gasteiger partial charge in [-0.3, -0.25) is 14.9 Å². The minimum absolute atomic E-state index is 0.00413. The first-order valence-electron chi connectivity index (χ1n) is 5.51. The lowest BCUT2D eigenvalue weighted by molar-refractivity contribution is -0.385. The van der Waals surface area contributed by atoms with Crippen molar-refractivity contribution >= 4 is 11.6 Å². The van der Waals surface area contributed by atoms with Crippen molar-refractivity contribution in [1.82, 2.24) is 5.32 Å². The van der Waals surface area contributed by atoms with Gasteiger partial charge in [0.1, 0.15) is 0 Å². The van der Waals surface area contributed by atoms with Gasteiger partial charge in [-0.2, -0.15) is 0 Å². The Morgan fingerprint density at radius 2 is 2.28 bits per heavy atom. The van der Waals surface area contributed by atoms with E-state index in [-0.39, 0.29) is 17.6 Å². The number of carbonyl (C=O) groups excluding carboxylic acids is 1. The van der Waals surface area contributed by atoms with E-state index in [9.17, 15) is 14.9 Å². The summed E-state index contributed by atoms with van der Waals surface area (Å²) in [6.45, 7) is 3.46. The number of benzene rings is 1. The van der Waals surface area contributed by atoms with Gasteiger partial charge in [-0.1, -0.05) is 12.8 Å². The fraction of sp³-hybridized carbons (Fsp3) is 0.308. The third-order valence-corrected chi connectivity index (χ3v) is 2.57. The van der Waals surface area contributed by atoms with Crippen LogP contribution in [0, 0.1) is 29.4 Å². The smallest absolute Gasteiger partial charge is 0.272 e. The fourth-order valence-electron chi connectivity index (χ4n) is 1.50. The van der Waals surface area contributed by atoms with Gasteiger partial charge in [0.05, 0.1) is 11.0 Å². The summed E-state index contributed by atoms with van der Waals surface area (Å²) in [7, 11) is 0. The Morgan fingerprint density at radius 1 is 1.61 bits per heavy atom. The molecule has 1 N–H and O–H groups in total. The number of nitrogens with one attached hydrogen (secondary N) is 1. The van der Waals surface area contributed by atoms with Crippen LogP contribution in [0.5, 0.6) is 0 Å². The molecule has 0 spiro atoms. The van der Waals surface area contributed by atoms with E-state index in [4.69, 9.17) is 6.42 Å². The average molecular weight is 246 g/mol. The van der Waals surface area contributed by atoms with Gasteiger partial charge < -0.3 is 5.32 Å². The van der Waals surface area contributed by atoms with E-state index >= 15 is 0 Å². The van der Waals surface area contributed by atoms with E-state index < -0.39 is 4.92 Å². The van der Waals surface area contributed by atoms with Crippen molar-refractivity contribution in [3.8, 4) is 12.3 Å². The Hall–Kier alpha value is -2.35. The lowest BCUT2D eigenvalue weighted by Gasteiger charge is -2.10. The molecule has 0 aliphatic carbocycles. The first-order chi connectivity index (χ1) is 8.49. The van der Waals surface area contributed by atoms with Gasteiger partial charge in [-0.05, 0) is 25.5 Å². The molecule has 5 nitrogen and oxygen atoms in total. The summed E-state index contributed by atoms with van der Waals surface area (Å²) >= 11 is 0. The Bertz CT molecular complexity index is 517. The van der Waals surface area contributed by atoms with E-state index in [1.54, 1.807) is 6.92 Å². The maximum Gasteiger partial charge on any atom is 0.272 e. The molecule has 1 atom stereocenters. The number of amides is 1. The van der Waals surface area contributed by atoms with Crippen LogP contribution in [0.15, 0.2) is 18.2 Å². The van der Waals surface area contributed by atoms with Crippen molar-refractivity contribution in [3.05, 3.63) is 39.4 Å². The van der Waals surface area contributed by atoms with Crippen LogP contribution >= 0.6 is 0 Å². The summed E-state index contributed by atoms with van der Waals surface area (Å²) in [6, 6.07) is 3.90. The first kappa shape index (κ1) is 13.7. The third kappa shape index (κ3) is 3.08. The topological polar surface area (TPSA) is 72.2 Å². The third-order valence-electron chi connectivity index (χ3n) is 2.57. The number of terminal acetylenes is 1. The fourth-order valence-corrected chi connectivity index (χ4v) is 1.50. The molecule has 0 aromatic heterocycles. The largest absolute Gasteiger partial charge is 0.338 e. The molecule has 1 aromatic carbocycles. The van der Waals surface area contributed by atoms with Crippen molar-refractivity contribution in [3.63, 3.8) is 0 Å². The molecule has 1 aromatic rings. The van der Waals surface area contributed by atoms with Crippen molar-refractivity contribution in [1.29, 1.82) is 0 Å². The molecule has 0 aliphatic rings. The van der Waals surface area contributed by atoms with Gasteiger partial charge in [0.15, 0.2) is 0 Å². The molecule has 0 saturated carbocycles. The van der Waals surface area contributed by atoms with Crippen LogP contribution in [0.2, 0.25) is 0 Å². The van der Waals surface area contributed by atoms with Gasteiger partial charge in [0.2, 0.25) is 0 Å². The highest BCUT2D eigenvalue weighted by Crippen LogP contribution is 2.18. The molecule has 1 amide bonds. The SMILES string of the molecule is C#CC(CC)NC(=O)c1ccc([N+](=O)[O-])c(C)c1. The van der Waals surface area contributed by atoms with Crippen LogP contribution in [0.1, 0.15) is 29.3 Å². The normalized spacial score (nSPS) is 11.4. The number of hydrogen-bond donors (Lipinski definition) is 1. The number of nitro benzene ring substituents is 1. The number of nitro groups is 1. The van der Waals surface area contributed by atoms with Crippen LogP contribution in [-0.2, 0) is 0 Å². The maximum absolute atomic E-state index is 11.8. The Kier molecular flexibility index (Phi) is 4.44. The predicted octanol–water partition coefficient (Wildman–Crippen LogP) is 2.04. The molecule has 0 aliphatic heterocycles. The zero-order chi connectivity index (χ0) is 13.7. The molecule has 0 saturated heterocycles. The molecule has 0 heterocycles. The number of hydrogen-bond acceptors (Lipinski definition) is 3. The standard InChI is InChI=1S/C13H14N2O3/c1-4-11(5-2)14-13(16)10-6-7-12(15(17)18)9(3)8-10/h1,6-8,11H,5H2,2-3H3,(H,14,16). The van der Waals surface area contributed by atoms with Gasteiger partial charge in [-0.25, -0.2) is 0 Å². The van der Waals surface area contributed by atoms with E-state index in [2.05, 4.69) is 11.2 Å². The van der Waals surface area contributed by atoms with Gasteiger partial charge in [0.25, 0.3) is 11.6 Å². The Morgan fingerprint density at radius 3 is 2.72 bits per heavy atom. The van der Waals surface area contributed by atoms with Crippen LogP contribution < -0.4 is 5.32 Å². The molecular weight excluding hydrogens is 232 g/mol. The summed E-state index contributed by atoms with van der Waals surface area (Å²) in [5.74, 6) is 2.13. The number of aryl methyl sites for hydroxylation is 1. The highest BCUT2D eigenvalue weighted by molar-refractivity contribution is 5.95. The highest BCUT2D eigenvalue weighted by Gasteiger charge is 2.15. The summed E-state index contributed by atoms with van der Waals surface area (Å²) < 4.78 is 0. The lowest BCUT2D eigenvalue weighted by Crippen LogP contribution is -2.33. The van der Waals surface area contributed by atoms with Gasteiger partial charge >= 0.3 is 0 Å². The molecule has 1 rings (SSSR count). The van der Waals surface area contributed by atoms with E-state index in [0.717, 1.165) is 0 Å². The number of nitrogens with zero attached hydrogens (tertiary/aromatic N) is 1. The molecule has 18 heavy (non-hydrogen) atoms. The minimum Gasteiger partial charge on any atom is -0.338 e. The molecule has 94 valence electrons.